The molecule has 11 heteroatoms. The van der Waals surface area contributed by atoms with E-state index in [-0.39, 0.29) is 29.5 Å². The third-order valence-corrected chi connectivity index (χ3v) is 5.23. The van der Waals surface area contributed by atoms with Crippen LogP contribution in [0.3, 0.4) is 0 Å². The molecule has 4 rings (SSSR count). The molecule has 152 valence electrons. The van der Waals surface area contributed by atoms with Gasteiger partial charge in [-0.25, -0.2) is 9.97 Å². The largest absolute Gasteiger partial charge is 0.434 e. The summed E-state index contributed by atoms with van der Waals surface area (Å²) in [6.45, 7) is 1.15. The number of alkyl halides is 3. The monoisotopic (exact) mass is 406 g/mol. The van der Waals surface area contributed by atoms with Crippen LogP contribution in [0.15, 0.2) is 24.7 Å². The standard InChI is InChI=1S/C18H17F3N6O2/c1-29-8-13-4-12(6-25(13)9-22)27-5-11-2-3-15(24-16(11)17(27)28)26-7-14(23-10-26)18(19,20)21/h2-3,7,10,12-13H,4-6,8H2,1H3/t12-,13+/m1/s1. The molecular weight excluding hydrogens is 389 g/mol. The van der Waals surface area contributed by atoms with Crippen molar-refractivity contribution in [3.05, 3.63) is 41.6 Å². The predicted octanol–water partition coefficient (Wildman–Crippen LogP) is 1.81. The van der Waals surface area contributed by atoms with Crippen molar-refractivity contribution < 1.29 is 22.7 Å². The number of carbonyl (C=O) groups is 1. The molecule has 2 aromatic rings. The molecule has 8 nitrogen and oxygen atoms in total. The molecule has 0 aliphatic carbocycles. The summed E-state index contributed by atoms with van der Waals surface area (Å²) in [5.74, 6) is -0.108. The van der Waals surface area contributed by atoms with Crippen LogP contribution in [0.5, 0.6) is 0 Å². The van der Waals surface area contributed by atoms with Gasteiger partial charge in [0.15, 0.2) is 11.9 Å². The zero-order valence-electron chi connectivity index (χ0n) is 15.4. The molecule has 2 atom stereocenters. The van der Waals surface area contributed by atoms with Crippen LogP contribution in [0.25, 0.3) is 5.82 Å². The highest BCUT2D eigenvalue weighted by Gasteiger charge is 2.41. The van der Waals surface area contributed by atoms with Crippen LogP contribution in [-0.4, -0.2) is 62.6 Å². The first-order valence-corrected chi connectivity index (χ1v) is 8.89. The Morgan fingerprint density at radius 3 is 2.83 bits per heavy atom. The van der Waals surface area contributed by atoms with Gasteiger partial charge in [0.1, 0.15) is 17.8 Å². The van der Waals surface area contributed by atoms with Gasteiger partial charge in [0, 0.05) is 32.0 Å². The van der Waals surface area contributed by atoms with Crippen molar-refractivity contribution >= 4 is 5.91 Å². The topological polar surface area (TPSA) is 87.3 Å². The molecule has 0 bridgehead atoms. The van der Waals surface area contributed by atoms with Crippen molar-refractivity contribution in [2.45, 2.75) is 31.2 Å². The number of halogens is 3. The molecular formula is C18H17F3N6O2. The summed E-state index contributed by atoms with van der Waals surface area (Å²) in [5.41, 5.74) is -0.114. The summed E-state index contributed by atoms with van der Waals surface area (Å²) in [6, 6.07) is 2.99. The molecule has 4 heterocycles. The van der Waals surface area contributed by atoms with Gasteiger partial charge < -0.3 is 14.5 Å². The first-order valence-electron chi connectivity index (χ1n) is 8.89. The number of imidazole rings is 1. The van der Waals surface area contributed by atoms with Gasteiger partial charge in [-0.2, -0.15) is 18.4 Å². The zero-order chi connectivity index (χ0) is 20.8. The number of hydrogen-bond donors (Lipinski definition) is 0. The third kappa shape index (κ3) is 3.40. The van der Waals surface area contributed by atoms with Gasteiger partial charge in [-0.05, 0) is 12.5 Å². The molecule has 1 amide bonds. The van der Waals surface area contributed by atoms with Crippen LogP contribution < -0.4 is 0 Å². The average Bonchev–Trinajstić information content (AvgIpc) is 3.39. The lowest BCUT2D eigenvalue weighted by Gasteiger charge is -2.22. The highest BCUT2D eigenvalue weighted by atomic mass is 19.4. The van der Waals surface area contributed by atoms with E-state index in [4.69, 9.17) is 4.74 Å². The van der Waals surface area contributed by atoms with Crippen molar-refractivity contribution in [1.29, 1.82) is 5.26 Å². The summed E-state index contributed by atoms with van der Waals surface area (Å²) < 4.78 is 44.6. The molecule has 2 aliphatic heterocycles. The van der Waals surface area contributed by atoms with E-state index in [0.717, 1.165) is 17.1 Å². The van der Waals surface area contributed by atoms with Gasteiger partial charge in [0.2, 0.25) is 0 Å². The Morgan fingerprint density at radius 2 is 2.17 bits per heavy atom. The smallest absolute Gasteiger partial charge is 0.383 e. The quantitative estimate of drug-likeness (QED) is 0.720. The second kappa shape index (κ2) is 7.04. The number of methoxy groups -OCH3 is 1. The molecule has 0 unspecified atom stereocenters. The lowest BCUT2D eigenvalue weighted by molar-refractivity contribution is -0.140. The first kappa shape index (κ1) is 19.2. The van der Waals surface area contributed by atoms with Crippen molar-refractivity contribution in [3.63, 3.8) is 0 Å². The van der Waals surface area contributed by atoms with E-state index in [0.29, 0.717) is 31.7 Å². The van der Waals surface area contributed by atoms with Crippen LogP contribution in [0.4, 0.5) is 13.2 Å². The number of aromatic nitrogens is 3. The van der Waals surface area contributed by atoms with Crippen molar-refractivity contribution in [2.24, 2.45) is 0 Å². The van der Waals surface area contributed by atoms with Gasteiger partial charge in [-0.3, -0.25) is 9.36 Å². The maximum absolute atomic E-state index is 12.9. The molecule has 0 saturated carbocycles. The van der Waals surface area contributed by atoms with Crippen LogP contribution in [0, 0.1) is 11.5 Å². The minimum Gasteiger partial charge on any atom is -0.383 e. The van der Waals surface area contributed by atoms with Crippen LogP contribution >= 0.6 is 0 Å². The van der Waals surface area contributed by atoms with Crippen molar-refractivity contribution in [2.75, 3.05) is 20.3 Å². The number of pyridine rings is 1. The molecule has 2 aliphatic rings. The highest BCUT2D eigenvalue weighted by Crippen LogP contribution is 2.31. The Bertz CT molecular complexity index is 983. The fourth-order valence-corrected chi connectivity index (χ4v) is 3.81. The van der Waals surface area contributed by atoms with Gasteiger partial charge in [0.25, 0.3) is 5.91 Å². The third-order valence-electron chi connectivity index (χ3n) is 5.23. The molecule has 2 aromatic heterocycles. The minimum atomic E-state index is -4.55. The van der Waals surface area contributed by atoms with E-state index < -0.39 is 11.9 Å². The molecule has 1 saturated heterocycles. The molecule has 0 radical (unpaired) electrons. The Balaban J connectivity index is 1.55. The van der Waals surface area contributed by atoms with Gasteiger partial charge in [-0.15, -0.1) is 0 Å². The van der Waals surface area contributed by atoms with E-state index in [1.807, 2.05) is 0 Å². The number of carbonyl (C=O) groups excluding carboxylic acids is 1. The Morgan fingerprint density at radius 1 is 1.38 bits per heavy atom. The van der Waals surface area contributed by atoms with E-state index in [9.17, 15) is 23.2 Å². The van der Waals surface area contributed by atoms with Gasteiger partial charge in [0.05, 0.1) is 18.7 Å². The Kier molecular flexibility index (Phi) is 4.66. The fourth-order valence-electron chi connectivity index (χ4n) is 3.81. The molecule has 0 aromatic carbocycles. The highest BCUT2D eigenvalue weighted by molar-refractivity contribution is 5.97. The average molecular weight is 406 g/mol. The number of ether oxygens (including phenoxy) is 1. The number of fused-ring (bicyclic) bond motifs is 1. The summed E-state index contributed by atoms with van der Waals surface area (Å²) in [4.78, 5) is 23.8. The molecule has 0 spiro atoms. The number of rotatable bonds is 4. The number of nitriles is 1. The number of amides is 1. The lowest BCUT2D eigenvalue weighted by Crippen LogP contribution is -2.37. The summed E-state index contributed by atoms with van der Waals surface area (Å²) in [6.07, 6.45) is 0.0354. The van der Waals surface area contributed by atoms with Crippen LogP contribution in [0.1, 0.15) is 28.2 Å². The van der Waals surface area contributed by atoms with Crippen molar-refractivity contribution in [3.8, 4) is 12.0 Å². The Labute approximate surface area is 164 Å². The van der Waals surface area contributed by atoms with E-state index >= 15 is 0 Å². The summed E-state index contributed by atoms with van der Waals surface area (Å²) in [7, 11) is 1.56. The van der Waals surface area contributed by atoms with E-state index in [1.165, 1.54) is 0 Å². The zero-order valence-corrected chi connectivity index (χ0v) is 15.4. The second-order valence-electron chi connectivity index (χ2n) is 7.03. The van der Waals surface area contributed by atoms with Crippen LogP contribution in [0.2, 0.25) is 0 Å². The molecule has 29 heavy (non-hydrogen) atoms. The summed E-state index contributed by atoms with van der Waals surface area (Å²) >= 11 is 0. The van der Waals surface area contributed by atoms with Gasteiger partial charge in [-0.1, -0.05) is 6.07 Å². The van der Waals surface area contributed by atoms with Crippen molar-refractivity contribution in [1.82, 2.24) is 24.3 Å². The predicted molar refractivity (Wildman–Crippen MR) is 92.6 cm³/mol. The number of hydrogen-bond acceptors (Lipinski definition) is 6. The lowest BCUT2D eigenvalue weighted by atomic mass is 10.1. The normalized spacial score (nSPS) is 21.6. The maximum atomic E-state index is 12.9. The second-order valence-corrected chi connectivity index (χ2v) is 7.03. The first-order chi connectivity index (χ1) is 13.8. The SMILES string of the molecule is COC[C@@H]1C[C@@H](N2Cc3ccc(-n4cnc(C(F)(F)F)c4)nc3C2=O)CN1C#N. The molecule has 1 fully saturated rings. The van der Waals surface area contributed by atoms with Crippen LogP contribution in [-0.2, 0) is 17.5 Å². The number of nitrogens with zero attached hydrogens (tertiary/aromatic N) is 6. The Hall–Kier alpha value is -3.13. The molecule has 0 N–H and O–H groups in total. The van der Waals surface area contributed by atoms with Gasteiger partial charge >= 0.3 is 6.18 Å². The maximum Gasteiger partial charge on any atom is 0.434 e. The van der Waals surface area contributed by atoms with E-state index in [1.54, 1.807) is 29.0 Å². The summed E-state index contributed by atoms with van der Waals surface area (Å²) in [5, 5.41) is 9.30. The minimum absolute atomic E-state index is 0.0956. The fraction of sp³-hybridized carbons (Fsp3) is 0.444. The van der Waals surface area contributed by atoms with E-state index in [2.05, 4.69) is 16.2 Å². The number of likely N-dealkylation sites (tertiary alicyclic amines) is 1.